The molecule has 3 N–H and O–H groups in total. The second kappa shape index (κ2) is 9.76. The summed E-state index contributed by atoms with van der Waals surface area (Å²) in [5, 5.41) is 31.9. The largest absolute Gasteiger partial charge is 0.507 e. The Kier molecular flexibility index (Phi) is 6.90. The predicted octanol–water partition coefficient (Wildman–Crippen LogP) is 6.93. The lowest BCUT2D eigenvalue weighted by Crippen LogP contribution is -2.32. The number of aromatic hydroxyl groups is 3. The Morgan fingerprint density at radius 1 is 1.08 bits per heavy atom. The molecule has 0 aromatic heterocycles. The lowest BCUT2D eigenvalue weighted by Gasteiger charge is -2.34. The minimum Gasteiger partial charge on any atom is -0.507 e. The highest BCUT2D eigenvalue weighted by atomic mass is 16.5. The van der Waals surface area contributed by atoms with Crippen LogP contribution in [-0.4, -0.2) is 26.7 Å². The molecule has 190 valence electrons. The number of fused-ring (bicyclic) bond motifs is 2. The normalized spacial score (nSPS) is 20.0. The van der Waals surface area contributed by atoms with Gasteiger partial charge in [0.05, 0.1) is 6.42 Å². The highest BCUT2D eigenvalue weighted by Crippen LogP contribution is 2.48. The third kappa shape index (κ3) is 4.99. The Hall–Kier alpha value is -3.67. The number of ketones is 1. The van der Waals surface area contributed by atoms with Crippen LogP contribution < -0.4 is 9.47 Å². The minimum absolute atomic E-state index is 0.0102. The molecule has 0 aliphatic carbocycles. The van der Waals surface area contributed by atoms with Crippen molar-refractivity contribution in [1.82, 2.24) is 0 Å². The Labute approximate surface area is 212 Å². The number of carbonyl (C=O) groups is 1. The second-order valence-corrected chi connectivity index (χ2v) is 10.3. The monoisotopic (exact) mass is 490 g/mol. The first-order valence-corrected chi connectivity index (χ1v) is 12.3. The van der Waals surface area contributed by atoms with Crippen molar-refractivity contribution in [2.24, 2.45) is 0 Å². The molecule has 36 heavy (non-hydrogen) atoms. The molecule has 2 aliphatic rings. The summed E-state index contributed by atoms with van der Waals surface area (Å²) < 4.78 is 12.4. The zero-order chi connectivity index (χ0) is 26.2. The minimum atomic E-state index is -0.662. The summed E-state index contributed by atoms with van der Waals surface area (Å²) in [5.74, 6) is -0.116. The van der Waals surface area contributed by atoms with E-state index in [2.05, 4.69) is 19.9 Å². The molecule has 0 saturated heterocycles. The van der Waals surface area contributed by atoms with Crippen molar-refractivity contribution in [2.45, 2.75) is 72.0 Å². The molecule has 2 aromatic carbocycles. The van der Waals surface area contributed by atoms with Crippen LogP contribution in [0.3, 0.4) is 0 Å². The van der Waals surface area contributed by atoms with Gasteiger partial charge >= 0.3 is 0 Å². The quantitative estimate of drug-likeness (QED) is 0.380. The van der Waals surface area contributed by atoms with Gasteiger partial charge < -0.3 is 24.8 Å². The third-order valence-electron chi connectivity index (χ3n) is 6.67. The maximum Gasteiger partial charge on any atom is 0.174 e. The Morgan fingerprint density at radius 3 is 2.50 bits per heavy atom. The average molecular weight is 491 g/mol. The summed E-state index contributed by atoms with van der Waals surface area (Å²) in [6, 6.07) is 4.66. The van der Waals surface area contributed by atoms with E-state index in [4.69, 9.17) is 9.47 Å². The fourth-order valence-electron chi connectivity index (χ4n) is 4.65. The van der Waals surface area contributed by atoms with Crippen LogP contribution >= 0.6 is 0 Å². The molecule has 6 nitrogen and oxygen atoms in total. The molecule has 0 unspecified atom stereocenters. The first-order chi connectivity index (χ1) is 17.0. The maximum atomic E-state index is 13.2. The molecule has 2 aliphatic heterocycles. The van der Waals surface area contributed by atoms with Crippen LogP contribution in [0.4, 0.5) is 0 Å². The van der Waals surface area contributed by atoms with E-state index >= 15 is 0 Å². The van der Waals surface area contributed by atoms with Crippen LogP contribution in [-0.2, 0) is 6.42 Å². The van der Waals surface area contributed by atoms with Gasteiger partial charge in [0, 0.05) is 22.8 Å². The molecule has 4 rings (SSSR count). The van der Waals surface area contributed by atoms with E-state index in [-0.39, 0.29) is 40.8 Å². The third-order valence-corrected chi connectivity index (χ3v) is 6.67. The van der Waals surface area contributed by atoms with Crippen LogP contribution in [0.2, 0.25) is 0 Å². The van der Waals surface area contributed by atoms with Gasteiger partial charge in [0.15, 0.2) is 17.3 Å². The fraction of sp³-hybridized carbons (Fsp3) is 0.367. The van der Waals surface area contributed by atoms with Crippen molar-refractivity contribution in [1.29, 1.82) is 0 Å². The summed E-state index contributed by atoms with van der Waals surface area (Å²) in [6.45, 7) is 9.94. The average Bonchev–Trinajstić information content (AvgIpc) is 2.78. The number of rotatable bonds is 6. The van der Waals surface area contributed by atoms with Gasteiger partial charge in [-0.1, -0.05) is 35.4 Å². The van der Waals surface area contributed by atoms with Crippen molar-refractivity contribution in [2.75, 3.05) is 0 Å². The van der Waals surface area contributed by atoms with Crippen LogP contribution in [0.1, 0.15) is 87.0 Å². The molecule has 0 radical (unpaired) electrons. The Balaban J connectivity index is 1.66. The van der Waals surface area contributed by atoms with E-state index in [1.54, 1.807) is 12.1 Å². The van der Waals surface area contributed by atoms with Crippen LogP contribution in [0.5, 0.6) is 28.7 Å². The van der Waals surface area contributed by atoms with Crippen molar-refractivity contribution < 1.29 is 29.6 Å². The van der Waals surface area contributed by atoms with Crippen molar-refractivity contribution in [3.8, 4) is 28.7 Å². The smallest absolute Gasteiger partial charge is 0.174 e. The second-order valence-electron chi connectivity index (χ2n) is 10.3. The SMILES string of the molecule is CC(C)=CCC[C@@]1(C)C=Cc2c([C@@H]3CC(=O)c4c(cc(O)c(CC=C(C)C)c4O)O3)ccc(O)c2O1. The van der Waals surface area contributed by atoms with Gasteiger partial charge in [-0.2, -0.15) is 0 Å². The molecular formula is C30H34O6. The van der Waals surface area contributed by atoms with Crippen molar-refractivity contribution in [3.05, 3.63) is 69.8 Å². The van der Waals surface area contributed by atoms with Crippen molar-refractivity contribution in [3.63, 3.8) is 0 Å². The summed E-state index contributed by atoms with van der Waals surface area (Å²) in [7, 11) is 0. The van der Waals surface area contributed by atoms with Gasteiger partial charge in [-0.25, -0.2) is 0 Å². The lowest BCUT2D eigenvalue weighted by molar-refractivity contribution is 0.0840. The number of allylic oxidation sites excluding steroid dienone is 4. The first-order valence-electron chi connectivity index (χ1n) is 12.3. The van der Waals surface area contributed by atoms with E-state index < -0.39 is 11.7 Å². The number of phenols is 3. The van der Waals surface area contributed by atoms with Gasteiger partial charge in [-0.05, 0) is 66.0 Å². The Bertz CT molecular complexity index is 1290. The topological polar surface area (TPSA) is 96.2 Å². The number of carbonyl (C=O) groups excluding carboxylic acids is 1. The van der Waals surface area contributed by atoms with E-state index in [9.17, 15) is 20.1 Å². The molecule has 0 amide bonds. The molecule has 0 spiro atoms. The molecule has 0 saturated carbocycles. The lowest BCUT2D eigenvalue weighted by atomic mass is 9.88. The number of ether oxygens (including phenoxy) is 2. The zero-order valence-corrected chi connectivity index (χ0v) is 21.5. The molecule has 0 fully saturated rings. The number of hydrogen-bond acceptors (Lipinski definition) is 6. The summed E-state index contributed by atoms with van der Waals surface area (Å²) in [4.78, 5) is 13.2. The molecule has 2 heterocycles. The number of benzene rings is 2. The van der Waals surface area contributed by atoms with Crippen LogP contribution in [0.15, 0.2) is 47.6 Å². The molecular weight excluding hydrogens is 456 g/mol. The van der Waals surface area contributed by atoms with Gasteiger partial charge in [0.2, 0.25) is 0 Å². The molecule has 6 heteroatoms. The maximum absolute atomic E-state index is 13.2. The fourth-order valence-corrected chi connectivity index (χ4v) is 4.65. The number of phenolic OH excluding ortho intramolecular Hbond substituents is 3. The summed E-state index contributed by atoms with van der Waals surface area (Å²) >= 11 is 0. The van der Waals surface area contributed by atoms with E-state index in [1.807, 2.05) is 39.0 Å². The zero-order valence-electron chi connectivity index (χ0n) is 21.5. The first kappa shape index (κ1) is 25.4. The predicted molar refractivity (Wildman–Crippen MR) is 140 cm³/mol. The highest BCUT2D eigenvalue weighted by Gasteiger charge is 2.36. The number of Topliss-reactive ketones (excluding diaryl/α,β-unsaturated/α-hetero) is 1. The molecule has 2 atom stereocenters. The van der Waals surface area contributed by atoms with Gasteiger partial charge in [0.1, 0.15) is 34.5 Å². The van der Waals surface area contributed by atoms with Gasteiger partial charge in [-0.3, -0.25) is 4.79 Å². The summed E-state index contributed by atoms with van der Waals surface area (Å²) in [5.41, 5.74) is 3.44. The Morgan fingerprint density at radius 2 is 1.81 bits per heavy atom. The highest BCUT2D eigenvalue weighted by molar-refractivity contribution is 6.03. The number of hydrogen-bond donors (Lipinski definition) is 3. The van der Waals surface area contributed by atoms with E-state index in [0.717, 1.165) is 18.4 Å². The van der Waals surface area contributed by atoms with E-state index in [0.29, 0.717) is 28.9 Å². The molecule has 2 aromatic rings. The molecule has 0 bridgehead atoms. The van der Waals surface area contributed by atoms with Crippen LogP contribution in [0.25, 0.3) is 6.08 Å². The van der Waals surface area contributed by atoms with Crippen LogP contribution in [0, 0.1) is 0 Å². The van der Waals surface area contributed by atoms with Gasteiger partial charge in [0.25, 0.3) is 0 Å². The van der Waals surface area contributed by atoms with E-state index in [1.165, 1.54) is 11.6 Å². The van der Waals surface area contributed by atoms with Gasteiger partial charge in [-0.15, -0.1) is 0 Å². The summed E-state index contributed by atoms with van der Waals surface area (Å²) in [6.07, 6.45) is 9.17. The van der Waals surface area contributed by atoms with Crippen molar-refractivity contribution >= 4 is 11.9 Å². The standard InChI is InChI=1S/C30H34O6/c1-17(2)7-6-13-30(5)14-12-20-19(10-11-22(31)29(20)36-30)25-16-24(33)27-26(35-25)15-23(32)21(28(27)34)9-8-18(3)4/h7-8,10-12,14-15,25,31-32,34H,6,9,13,16H2,1-5H3/t25-,30-/m0/s1.